The number of methoxy groups -OCH3 is 3. The Morgan fingerprint density at radius 3 is 1.17 bits per heavy atom. The Labute approximate surface area is 119 Å². The van der Waals surface area contributed by atoms with Gasteiger partial charge in [0.05, 0.1) is 17.8 Å². The van der Waals surface area contributed by atoms with Crippen LogP contribution in [0.2, 0.25) is 0 Å². The van der Waals surface area contributed by atoms with Crippen LogP contribution in [-0.2, 0) is 14.2 Å². The second-order valence-corrected chi connectivity index (χ2v) is 5.50. The maximum atomic E-state index is 4.99. The summed E-state index contributed by atoms with van der Waals surface area (Å²) < 4.78 is 15.0. The second kappa shape index (κ2) is 9.82. The van der Waals surface area contributed by atoms with Crippen LogP contribution in [0.1, 0.15) is 0 Å². The van der Waals surface area contributed by atoms with Gasteiger partial charge in [-0.05, 0) is 0 Å². The molecule has 0 saturated heterocycles. The van der Waals surface area contributed by atoms with Gasteiger partial charge in [-0.15, -0.1) is 0 Å². The van der Waals surface area contributed by atoms with Crippen LogP contribution < -0.4 is 0 Å². The highest BCUT2D eigenvalue weighted by molar-refractivity contribution is 8.00. The number of hydrogen-bond donors (Lipinski definition) is 0. The molecular formula is C9H15N3O3S3. The van der Waals surface area contributed by atoms with E-state index in [9.17, 15) is 0 Å². The van der Waals surface area contributed by atoms with Crippen molar-refractivity contribution < 1.29 is 14.2 Å². The predicted molar refractivity (Wildman–Crippen MR) is 73.0 cm³/mol. The Hall–Kier alpha value is -0.0600. The summed E-state index contributed by atoms with van der Waals surface area (Å²) >= 11 is 4.27. The van der Waals surface area contributed by atoms with Crippen LogP contribution in [0.5, 0.6) is 0 Å². The summed E-state index contributed by atoms with van der Waals surface area (Å²) in [7, 11) is 4.90. The molecule has 0 N–H and O–H groups in total. The normalized spacial score (nSPS) is 10.8. The summed E-state index contributed by atoms with van der Waals surface area (Å²) in [6.45, 7) is 0. The molecule has 0 saturated carbocycles. The minimum Gasteiger partial charge on any atom is -0.374 e. The SMILES string of the molecule is COCSc1nc(SCOC)nc(SCOC)n1. The fourth-order valence-electron chi connectivity index (χ4n) is 0.849. The third kappa shape index (κ3) is 6.21. The molecule has 102 valence electrons. The molecular weight excluding hydrogens is 294 g/mol. The molecule has 0 bridgehead atoms. The molecule has 0 aliphatic heterocycles. The van der Waals surface area contributed by atoms with Gasteiger partial charge in [0.1, 0.15) is 0 Å². The largest absolute Gasteiger partial charge is 0.374 e. The van der Waals surface area contributed by atoms with Crippen molar-refractivity contribution in [1.82, 2.24) is 15.0 Å². The lowest BCUT2D eigenvalue weighted by Crippen LogP contribution is -1.99. The average molecular weight is 309 g/mol. The number of rotatable bonds is 9. The minimum atomic E-state index is 0.507. The van der Waals surface area contributed by atoms with Crippen molar-refractivity contribution in [3.8, 4) is 0 Å². The first-order chi connectivity index (χ1) is 8.80. The molecule has 0 amide bonds. The van der Waals surface area contributed by atoms with Crippen molar-refractivity contribution in [3.05, 3.63) is 0 Å². The fraction of sp³-hybridized carbons (Fsp3) is 0.667. The molecule has 0 spiro atoms. The molecule has 6 nitrogen and oxygen atoms in total. The molecule has 0 fully saturated rings. The highest BCUT2D eigenvalue weighted by atomic mass is 32.2. The van der Waals surface area contributed by atoms with Crippen LogP contribution in [0.15, 0.2) is 15.5 Å². The van der Waals surface area contributed by atoms with E-state index in [2.05, 4.69) is 15.0 Å². The average Bonchev–Trinajstić information content (AvgIpc) is 2.40. The molecule has 1 heterocycles. The lowest BCUT2D eigenvalue weighted by atomic mass is 11.1. The van der Waals surface area contributed by atoms with E-state index in [4.69, 9.17) is 14.2 Å². The molecule has 9 heteroatoms. The lowest BCUT2D eigenvalue weighted by Gasteiger charge is -2.05. The van der Waals surface area contributed by atoms with E-state index in [1.807, 2.05) is 0 Å². The number of thioether (sulfide) groups is 3. The van der Waals surface area contributed by atoms with Gasteiger partial charge in [0.2, 0.25) is 0 Å². The van der Waals surface area contributed by atoms with E-state index < -0.39 is 0 Å². The summed E-state index contributed by atoms with van der Waals surface area (Å²) in [5.74, 6) is 1.52. The number of ether oxygens (including phenoxy) is 3. The molecule has 0 aliphatic carbocycles. The lowest BCUT2D eigenvalue weighted by molar-refractivity contribution is 0.257. The molecule has 0 aliphatic rings. The van der Waals surface area contributed by atoms with Gasteiger partial charge in [-0.1, -0.05) is 35.3 Å². The monoisotopic (exact) mass is 309 g/mol. The van der Waals surface area contributed by atoms with Gasteiger partial charge in [-0.2, -0.15) is 15.0 Å². The summed E-state index contributed by atoms with van der Waals surface area (Å²) in [6.07, 6.45) is 0. The van der Waals surface area contributed by atoms with Crippen molar-refractivity contribution in [2.24, 2.45) is 0 Å². The first-order valence-electron chi connectivity index (χ1n) is 4.91. The predicted octanol–water partition coefficient (Wildman–Crippen LogP) is 1.96. The van der Waals surface area contributed by atoms with E-state index >= 15 is 0 Å². The van der Waals surface area contributed by atoms with Crippen molar-refractivity contribution in [1.29, 1.82) is 0 Å². The first-order valence-corrected chi connectivity index (χ1v) is 7.87. The molecule has 0 radical (unpaired) electrons. The fourth-order valence-corrected chi connectivity index (χ4v) is 2.60. The third-order valence-corrected chi connectivity index (χ3v) is 3.87. The van der Waals surface area contributed by atoms with Crippen LogP contribution in [0.3, 0.4) is 0 Å². The Morgan fingerprint density at radius 2 is 0.944 bits per heavy atom. The van der Waals surface area contributed by atoms with E-state index in [0.717, 1.165) is 0 Å². The molecule has 1 rings (SSSR count). The Bertz CT molecular complexity index is 292. The smallest absolute Gasteiger partial charge is 0.194 e. The third-order valence-electron chi connectivity index (χ3n) is 1.49. The van der Waals surface area contributed by atoms with Gasteiger partial charge in [0, 0.05) is 21.3 Å². The summed E-state index contributed by atoms with van der Waals surface area (Å²) in [4.78, 5) is 12.9. The molecule has 1 aromatic heterocycles. The first kappa shape index (κ1) is 16.0. The molecule has 0 atom stereocenters. The highest BCUT2D eigenvalue weighted by Crippen LogP contribution is 2.22. The van der Waals surface area contributed by atoms with E-state index in [-0.39, 0.29) is 0 Å². The van der Waals surface area contributed by atoms with Crippen molar-refractivity contribution >= 4 is 35.3 Å². The van der Waals surface area contributed by atoms with Crippen LogP contribution in [-0.4, -0.2) is 54.1 Å². The zero-order valence-electron chi connectivity index (χ0n) is 10.4. The van der Waals surface area contributed by atoms with Crippen LogP contribution in [0, 0.1) is 0 Å². The van der Waals surface area contributed by atoms with Gasteiger partial charge >= 0.3 is 0 Å². The number of hydrogen-bond acceptors (Lipinski definition) is 9. The number of nitrogens with zero attached hydrogens (tertiary/aromatic N) is 3. The maximum Gasteiger partial charge on any atom is 0.194 e. The maximum absolute atomic E-state index is 4.99. The van der Waals surface area contributed by atoms with Gasteiger partial charge < -0.3 is 14.2 Å². The molecule has 18 heavy (non-hydrogen) atoms. The van der Waals surface area contributed by atoms with Gasteiger partial charge in [0.15, 0.2) is 15.5 Å². The summed E-state index contributed by atoms with van der Waals surface area (Å²) in [6, 6.07) is 0. The Kier molecular flexibility index (Phi) is 8.72. The topological polar surface area (TPSA) is 66.4 Å². The van der Waals surface area contributed by atoms with Crippen molar-refractivity contribution in [2.45, 2.75) is 15.5 Å². The quantitative estimate of drug-likeness (QED) is 0.503. The van der Waals surface area contributed by atoms with Crippen LogP contribution in [0.25, 0.3) is 0 Å². The van der Waals surface area contributed by atoms with Crippen molar-refractivity contribution in [2.75, 3.05) is 39.1 Å². The molecule has 1 aromatic rings. The molecule has 0 aromatic carbocycles. The van der Waals surface area contributed by atoms with Crippen molar-refractivity contribution in [3.63, 3.8) is 0 Å². The van der Waals surface area contributed by atoms with Crippen LogP contribution >= 0.6 is 35.3 Å². The van der Waals surface area contributed by atoms with Crippen LogP contribution in [0.4, 0.5) is 0 Å². The highest BCUT2D eigenvalue weighted by Gasteiger charge is 2.08. The van der Waals surface area contributed by atoms with E-state index in [1.165, 1.54) is 35.3 Å². The zero-order valence-corrected chi connectivity index (χ0v) is 12.9. The molecule has 0 unspecified atom stereocenters. The van der Waals surface area contributed by atoms with E-state index in [0.29, 0.717) is 33.3 Å². The summed E-state index contributed by atoms with van der Waals surface area (Å²) in [5.41, 5.74) is 0. The minimum absolute atomic E-state index is 0.507. The van der Waals surface area contributed by atoms with Gasteiger partial charge in [0.25, 0.3) is 0 Å². The Balaban J connectivity index is 2.74. The zero-order chi connectivity index (χ0) is 13.2. The van der Waals surface area contributed by atoms with E-state index in [1.54, 1.807) is 21.3 Å². The standard InChI is InChI=1S/C9H15N3O3S3/c1-13-4-16-7-10-8(17-5-14-2)12-9(11-7)18-6-15-3/h4-6H2,1-3H3. The second-order valence-electron chi connectivity index (χ2n) is 2.84. The Morgan fingerprint density at radius 1 is 0.667 bits per heavy atom. The summed E-state index contributed by atoms with van der Waals surface area (Å²) in [5, 5.41) is 1.93. The van der Waals surface area contributed by atoms with Gasteiger partial charge in [-0.3, -0.25) is 0 Å². The number of aromatic nitrogens is 3. The van der Waals surface area contributed by atoms with Gasteiger partial charge in [-0.25, -0.2) is 0 Å².